The van der Waals surface area contributed by atoms with E-state index >= 15 is 0 Å². The highest BCUT2D eigenvalue weighted by Gasteiger charge is 2.27. The molecule has 1 atom stereocenters. The van der Waals surface area contributed by atoms with Crippen LogP contribution in [0.3, 0.4) is 0 Å². The number of nitrogens with zero attached hydrogens (tertiary/aromatic N) is 5. The Hall–Kier alpha value is -2.41. The molecule has 3 aromatic heterocycles. The second-order valence-corrected chi connectivity index (χ2v) is 9.38. The number of carbonyl (C=O) groups is 1. The number of esters is 1. The minimum absolute atomic E-state index is 0.104. The van der Waals surface area contributed by atoms with Gasteiger partial charge in [0.25, 0.3) is 0 Å². The third-order valence-corrected chi connectivity index (χ3v) is 6.18. The first kappa shape index (κ1) is 20.8. The molecule has 0 aromatic carbocycles. The fraction of sp³-hybridized carbons (Fsp3) is 0.545. The quantitative estimate of drug-likeness (QED) is 0.415. The van der Waals surface area contributed by atoms with E-state index in [1.165, 1.54) is 25.7 Å². The highest BCUT2D eigenvalue weighted by atomic mass is 35.5. The van der Waals surface area contributed by atoms with Crippen LogP contribution in [0.15, 0.2) is 30.9 Å². The number of hydrogen-bond acceptors (Lipinski definition) is 5. The summed E-state index contributed by atoms with van der Waals surface area (Å²) in [6.45, 7) is 5.60. The van der Waals surface area contributed by atoms with Gasteiger partial charge in [-0.1, -0.05) is 12.8 Å². The van der Waals surface area contributed by atoms with Crippen molar-refractivity contribution in [2.45, 2.75) is 59.2 Å². The van der Waals surface area contributed by atoms with Crippen LogP contribution in [-0.2, 0) is 16.3 Å². The second kappa shape index (κ2) is 8.38. The minimum atomic E-state index is -0.549. The van der Waals surface area contributed by atoms with Gasteiger partial charge in [-0.2, -0.15) is 10.2 Å². The number of ether oxygens (including phenoxy) is 1. The maximum Gasteiger partial charge on any atom is 0.312 e. The van der Waals surface area contributed by atoms with Crippen LogP contribution < -0.4 is 0 Å². The summed E-state index contributed by atoms with van der Waals surface area (Å²) in [4.78, 5) is 12.1. The third-order valence-electron chi connectivity index (χ3n) is 5.87. The fourth-order valence-corrected chi connectivity index (χ4v) is 4.48. The average molecular weight is 430 g/mol. The topological polar surface area (TPSA) is 74.8 Å². The van der Waals surface area contributed by atoms with Crippen LogP contribution in [-0.4, -0.2) is 36.4 Å². The fourth-order valence-electron chi connectivity index (χ4n) is 4.09. The van der Waals surface area contributed by atoms with Gasteiger partial charge in [0, 0.05) is 34.8 Å². The Balaban J connectivity index is 1.59. The predicted octanol–water partition coefficient (Wildman–Crippen LogP) is 4.81. The summed E-state index contributed by atoms with van der Waals surface area (Å²) >= 11 is 6.30. The number of aromatic nitrogens is 5. The molecule has 1 fully saturated rings. The van der Waals surface area contributed by atoms with E-state index in [9.17, 15) is 4.79 Å². The van der Waals surface area contributed by atoms with Gasteiger partial charge in [-0.15, -0.1) is 16.7 Å². The molecular weight excluding hydrogens is 402 g/mol. The maximum absolute atomic E-state index is 12.1. The van der Waals surface area contributed by atoms with Crippen molar-refractivity contribution in [1.82, 2.24) is 24.5 Å². The summed E-state index contributed by atoms with van der Waals surface area (Å²) in [5.74, 6) is 0.892. The number of rotatable bonds is 6. The molecule has 30 heavy (non-hydrogen) atoms. The molecule has 3 aromatic rings. The van der Waals surface area contributed by atoms with E-state index in [0.29, 0.717) is 17.4 Å². The van der Waals surface area contributed by atoms with Gasteiger partial charge in [0.1, 0.15) is 0 Å². The molecule has 0 aliphatic heterocycles. The van der Waals surface area contributed by atoms with Gasteiger partial charge < -0.3 is 4.74 Å². The van der Waals surface area contributed by atoms with Crippen molar-refractivity contribution in [3.8, 4) is 11.1 Å². The largest absolute Gasteiger partial charge is 0.443 e. The summed E-state index contributed by atoms with van der Waals surface area (Å²) in [7, 11) is 0. The Morgan fingerprint density at radius 3 is 2.77 bits per heavy atom. The molecule has 0 bridgehead atoms. The smallest absolute Gasteiger partial charge is 0.312 e. The first-order chi connectivity index (χ1) is 14.4. The van der Waals surface area contributed by atoms with E-state index in [-0.39, 0.29) is 18.7 Å². The Kier molecular flexibility index (Phi) is 5.82. The number of alkyl halides is 1. The van der Waals surface area contributed by atoms with E-state index in [0.717, 1.165) is 16.5 Å². The van der Waals surface area contributed by atoms with Gasteiger partial charge >= 0.3 is 5.97 Å². The number of fused-ring (bicyclic) bond motifs is 1. The molecule has 0 spiro atoms. The molecule has 8 heteroatoms. The summed E-state index contributed by atoms with van der Waals surface area (Å²) in [6.07, 6.45) is 12.5. The molecule has 160 valence electrons. The molecule has 1 aliphatic carbocycles. The van der Waals surface area contributed by atoms with Crippen LogP contribution in [0.2, 0.25) is 0 Å². The van der Waals surface area contributed by atoms with Crippen molar-refractivity contribution in [3.63, 3.8) is 0 Å². The molecule has 3 heterocycles. The monoisotopic (exact) mass is 429 g/mol. The lowest BCUT2D eigenvalue weighted by Crippen LogP contribution is -2.23. The number of carbonyl (C=O) groups excluding carboxylic acids is 1. The van der Waals surface area contributed by atoms with Gasteiger partial charge in [-0.25, -0.2) is 0 Å². The van der Waals surface area contributed by atoms with E-state index in [1.54, 1.807) is 10.8 Å². The summed E-state index contributed by atoms with van der Waals surface area (Å²) < 4.78 is 9.24. The first-order valence-corrected chi connectivity index (χ1v) is 11.0. The van der Waals surface area contributed by atoms with Crippen LogP contribution in [0.5, 0.6) is 0 Å². The summed E-state index contributed by atoms with van der Waals surface area (Å²) in [5.41, 5.74) is 2.05. The molecule has 7 nitrogen and oxygen atoms in total. The van der Waals surface area contributed by atoms with Crippen molar-refractivity contribution in [2.75, 3.05) is 5.88 Å². The van der Waals surface area contributed by atoms with Crippen molar-refractivity contribution in [2.24, 2.45) is 11.3 Å². The average Bonchev–Trinajstić information content (AvgIpc) is 3.47. The maximum atomic E-state index is 12.1. The van der Waals surface area contributed by atoms with Crippen molar-refractivity contribution in [3.05, 3.63) is 30.9 Å². The lowest BCUT2D eigenvalue weighted by Gasteiger charge is -2.21. The van der Waals surface area contributed by atoms with Gasteiger partial charge in [0.05, 0.1) is 23.9 Å². The van der Waals surface area contributed by atoms with Gasteiger partial charge in [-0.3, -0.25) is 14.0 Å². The zero-order chi connectivity index (χ0) is 21.3. The zero-order valence-corrected chi connectivity index (χ0v) is 18.5. The van der Waals surface area contributed by atoms with Crippen LogP contribution in [0.4, 0.5) is 0 Å². The minimum Gasteiger partial charge on any atom is -0.443 e. The van der Waals surface area contributed by atoms with Crippen molar-refractivity contribution < 1.29 is 9.53 Å². The molecule has 0 amide bonds. The van der Waals surface area contributed by atoms with E-state index in [2.05, 4.69) is 21.5 Å². The third kappa shape index (κ3) is 4.08. The van der Waals surface area contributed by atoms with Crippen LogP contribution in [0, 0.1) is 11.3 Å². The molecule has 0 saturated heterocycles. The molecule has 1 saturated carbocycles. The molecule has 1 aliphatic rings. The zero-order valence-electron chi connectivity index (χ0n) is 17.7. The summed E-state index contributed by atoms with van der Waals surface area (Å²) in [5, 5.41) is 14.0. The lowest BCUT2D eigenvalue weighted by atomic mass is 9.98. The van der Waals surface area contributed by atoms with Gasteiger partial charge in [0.15, 0.2) is 12.4 Å². The lowest BCUT2D eigenvalue weighted by molar-refractivity contribution is -0.156. The predicted molar refractivity (Wildman–Crippen MR) is 116 cm³/mol. The Morgan fingerprint density at radius 1 is 1.30 bits per heavy atom. The number of hydrogen-bond donors (Lipinski definition) is 0. The van der Waals surface area contributed by atoms with Crippen LogP contribution in [0.1, 0.15) is 52.5 Å². The standard InChI is InChI=1S/C22H28ClN5O2/c1-22(2,3)21(29)30-14-27-9-8-17-18(12-24-26-20(17)27)16-11-25-28(13-16)19(10-23)15-6-4-5-7-15/h8-9,11-13,15,19H,4-7,10,14H2,1-3H3. The van der Waals surface area contributed by atoms with Crippen LogP contribution >= 0.6 is 11.6 Å². The Labute approximate surface area is 181 Å². The van der Waals surface area contributed by atoms with Crippen molar-refractivity contribution in [1.29, 1.82) is 0 Å². The first-order valence-electron chi connectivity index (χ1n) is 10.5. The highest BCUT2D eigenvalue weighted by Crippen LogP contribution is 2.36. The molecule has 1 unspecified atom stereocenters. The van der Waals surface area contributed by atoms with Crippen LogP contribution in [0.25, 0.3) is 22.2 Å². The molecule has 0 N–H and O–H groups in total. The highest BCUT2D eigenvalue weighted by molar-refractivity contribution is 6.18. The van der Waals surface area contributed by atoms with E-state index < -0.39 is 5.41 Å². The van der Waals surface area contributed by atoms with Gasteiger partial charge in [-0.05, 0) is 45.6 Å². The molecule has 0 radical (unpaired) electrons. The SMILES string of the molecule is CC(C)(C)C(=O)OCn1ccc2c(-c3cnn(C(CCl)C4CCCC4)c3)cnnc21. The van der Waals surface area contributed by atoms with E-state index in [4.69, 9.17) is 16.3 Å². The Morgan fingerprint density at radius 2 is 2.07 bits per heavy atom. The van der Waals surface area contributed by atoms with E-state index in [1.807, 2.05) is 43.9 Å². The van der Waals surface area contributed by atoms with Gasteiger partial charge in [0.2, 0.25) is 0 Å². The summed E-state index contributed by atoms with van der Waals surface area (Å²) in [6, 6.07) is 2.19. The second-order valence-electron chi connectivity index (χ2n) is 9.07. The molecular formula is C22H28ClN5O2. The van der Waals surface area contributed by atoms with Crippen molar-refractivity contribution >= 4 is 28.6 Å². The Bertz CT molecular complexity index is 1030. The number of halogens is 1. The molecule has 4 rings (SSSR count). The normalized spacial score (nSPS) is 16.3.